The minimum atomic E-state index is -0.703. The van der Waals surface area contributed by atoms with Crippen molar-refractivity contribution >= 4 is 21.9 Å². The van der Waals surface area contributed by atoms with Crippen LogP contribution >= 0.6 is 15.9 Å². The number of hydrogen-bond acceptors (Lipinski definition) is 4. The van der Waals surface area contributed by atoms with Crippen LogP contribution in [0, 0.1) is 11.8 Å². The van der Waals surface area contributed by atoms with Gasteiger partial charge in [-0.2, -0.15) is 0 Å². The quantitative estimate of drug-likeness (QED) is 0.901. The van der Waals surface area contributed by atoms with Gasteiger partial charge >= 0.3 is 5.97 Å². The number of ether oxygens (including phenoxy) is 2. The second-order valence-corrected chi connectivity index (χ2v) is 6.56. The first-order valence-electron chi connectivity index (χ1n) is 7.08. The summed E-state index contributed by atoms with van der Waals surface area (Å²) in [6, 6.07) is 3.91. The van der Waals surface area contributed by atoms with E-state index in [9.17, 15) is 9.90 Å². The normalized spacial score (nSPS) is 25.0. The monoisotopic (exact) mass is 355 g/mol. The van der Waals surface area contributed by atoms with Crippen molar-refractivity contribution in [2.45, 2.75) is 13.5 Å². The summed E-state index contributed by atoms with van der Waals surface area (Å²) in [6.07, 6.45) is 0. The Morgan fingerprint density at radius 2 is 2.00 bits per heavy atom. The maximum atomic E-state index is 11.2. The molecule has 0 aliphatic carbocycles. The smallest absolute Gasteiger partial charge is 0.308 e. The topological polar surface area (TPSA) is 59.0 Å². The summed E-state index contributed by atoms with van der Waals surface area (Å²) in [5.41, 5.74) is 1.09. The van der Waals surface area contributed by atoms with Crippen molar-refractivity contribution in [3.8, 4) is 11.5 Å². The Kier molecular flexibility index (Phi) is 4.08. The highest BCUT2D eigenvalue weighted by atomic mass is 79.9. The van der Waals surface area contributed by atoms with Gasteiger partial charge in [-0.25, -0.2) is 0 Å². The lowest BCUT2D eigenvalue weighted by Gasteiger charge is -2.22. The number of halogens is 1. The molecule has 2 aliphatic heterocycles. The van der Waals surface area contributed by atoms with E-state index in [0.29, 0.717) is 26.3 Å². The van der Waals surface area contributed by atoms with Crippen LogP contribution in [0.3, 0.4) is 0 Å². The molecule has 0 radical (unpaired) electrons. The number of nitrogens with zero attached hydrogens (tertiary/aromatic N) is 1. The summed E-state index contributed by atoms with van der Waals surface area (Å²) in [4.78, 5) is 13.4. The van der Waals surface area contributed by atoms with Crippen molar-refractivity contribution < 1.29 is 19.4 Å². The minimum absolute atomic E-state index is 0.179. The van der Waals surface area contributed by atoms with Gasteiger partial charge in [0, 0.05) is 24.1 Å². The van der Waals surface area contributed by atoms with Crippen LogP contribution < -0.4 is 9.47 Å². The molecule has 0 amide bonds. The predicted molar refractivity (Wildman–Crippen MR) is 80.7 cm³/mol. The van der Waals surface area contributed by atoms with Crippen LogP contribution in [0.4, 0.5) is 0 Å². The van der Waals surface area contributed by atoms with Crippen LogP contribution in [-0.4, -0.2) is 42.3 Å². The van der Waals surface area contributed by atoms with Crippen molar-refractivity contribution in [2.24, 2.45) is 11.8 Å². The molecule has 3 rings (SSSR count). The third-order valence-corrected chi connectivity index (χ3v) is 4.85. The van der Waals surface area contributed by atoms with Crippen LogP contribution in [0.1, 0.15) is 12.5 Å². The second-order valence-electron chi connectivity index (χ2n) is 5.70. The number of benzene rings is 1. The molecule has 5 nitrogen and oxygen atoms in total. The Bertz CT molecular complexity index is 563. The van der Waals surface area contributed by atoms with Crippen LogP contribution in [0.2, 0.25) is 0 Å². The van der Waals surface area contributed by atoms with Gasteiger partial charge in [0.2, 0.25) is 0 Å². The van der Waals surface area contributed by atoms with Gasteiger partial charge in [-0.05, 0) is 23.6 Å². The van der Waals surface area contributed by atoms with Crippen molar-refractivity contribution in [3.63, 3.8) is 0 Å². The van der Waals surface area contributed by atoms with E-state index in [4.69, 9.17) is 9.47 Å². The molecule has 1 aromatic rings. The Balaban J connectivity index is 1.75. The lowest BCUT2D eigenvalue weighted by Crippen LogP contribution is -2.23. The largest absolute Gasteiger partial charge is 0.486 e. The first-order chi connectivity index (χ1) is 10.0. The molecule has 114 valence electrons. The molecular formula is C15H18BrNO4. The Morgan fingerprint density at radius 3 is 2.62 bits per heavy atom. The van der Waals surface area contributed by atoms with Crippen molar-refractivity contribution in [1.82, 2.24) is 4.90 Å². The number of carbonyl (C=O) groups is 1. The van der Waals surface area contributed by atoms with E-state index in [1.807, 2.05) is 19.1 Å². The minimum Gasteiger partial charge on any atom is -0.486 e. The molecule has 0 bridgehead atoms. The van der Waals surface area contributed by atoms with Gasteiger partial charge in [0.25, 0.3) is 0 Å². The van der Waals surface area contributed by atoms with Crippen LogP contribution in [0.5, 0.6) is 11.5 Å². The van der Waals surface area contributed by atoms with E-state index in [0.717, 1.165) is 28.1 Å². The molecule has 1 saturated heterocycles. The fourth-order valence-electron chi connectivity index (χ4n) is 2.99. The van der Waals surface area contributed by atoms with Crippen LogP contribution in [0.25, 0.3) is 0 Å². The number of fused-ring (bicyclic) bond motifs is 1. The summed E-state index contributed by atoms with van der Waals surface area (Å²) in [5, 5.41) is 9.21. The number of carboxylic acid groups (broad SMARTS) is 1. The molecule has 0 spiro atoms. The van der Waals surface area contributed by atoms with Gasteiger partial charge in [-0.1, -0.05) is 22.9 Å². The maximum absolute atomic E-state index is 11.2. The predicted octanol–water partition coefficient (Wildman–Crippen LogP) is 2.37. The zero-order chi connectivity index (χ0) is 15.0. The number of aliphatic carboxylic acids is 1. The lowest BCUT2D eigenvalue weighted by atomic mass is 9.99. The van der Waals surface area contributed by atoms with Gasteiger partial charge in [-0.15, -0.1) is 0 Å². The Labute approximate surface area is 132 Å². The van der Waals surface area contributed by atoms with Gasteiger partial charge in [0.05, 0.1) is 5.92 Å². The van der Waals surface area contributed by atoms with E-state index in [-0.39, 0.29) is 11.8 Å². The Morgan fingerprint density at radius 1 is 1.33 bits per heavy atom. The first kappa shape index (κ1) is 14.7. The molecule has 2 atom stereocenters. The van der Waals surface area contributed by atoms with Crippen LogP contribution in [-0.2, 0) is 11.3 Å². The summed E-state index contributed by atoms with van der Waals surface area (Å²) >= 11 is 3.56. The summed E-state index contributed by atoms with van der Waals surface area (Å²) in [6.45, 7) is 5.25. The molecule has 2 aliphatic rings. The number of carboxylic acids is 1. The highest BCUT2D eigenvalue weighted by molar-refractivity contribution is 9.10. The van der Waals surface area contributed by atoms with Crippen LogP contribution in [0.15, 0.2) is 16.6 Å². The maximum Gasteiger partial charge on any atom is 0.308 e. The zero-order valence-corrected chi connectivity index (χ0v) is 13.4. The molecule has 0 saturated carbocycles. The Hall–Kier alpha value is -1.27. The van der Waals surface area contributed by atoms with E-state index in [1.165, 1.54) is 0 Å². The number of rotatable bonds is 3. The van der Waals surface area contributed by atoms with Gasteiger partial charge < -0.3 is 14.6 Å². The molecule has 0 unspecified atom stereocenters. The summed E-state index contributed by atoms with van der Waals surface area (Å²) in [5.74, 6) is 0.724. The molecule has 21 heavy (non-hydrogen) atoms. The first-order valence-corrected chi connectivity index (χ1v) is 7.87. The highest BCUT2D eigenvalue weighted by Gasteiger charge is 2.34. The molecular weight excluding hydrogens is 338 g/mol. The highest BCUT2D eigenvalue weighted by Crippen LogP contribution is 2.36. The van der Waals surface area contributed by atoms with E-state index in [2.05, 4.69) is 20.8 Å². The molecule has 1 fully saturated rings. The van der Waals surface area contributed by atoms with Crippen molar-refractivity contribution in [1.29, 1.82) is 0 Å². The average molecular weight is 356 g/mol. The van der Waals surface area contributed by atoms with Gasteiger partial charge in [0.1, 0.15) is 13.2 Å². The van der Waals surface area contributed by atoms with Gasteiger partial charge in [-0.3, -0.25) is 9.69 Å². The molecule has 1 aromatic carbocycles. The zero-order valence-electron chi connectivity index (χ0n) is 11.8. The summed E-state index contributed by atoms with van der Waals surface area (Å²) in [7, 11) is 0. The fourth-order valence-corrected chi connectivity index (χ4v) is 3.43. The van der Waals surface area contributed by atoms with Crippen molar-refractivity contribution in [2.75, 3.05) is 26.3 Å². The molecule has 0 aromatic heterocycles. The number of hydrogen-bond donors (Lipinski definition) is 1. The van der Waals surface area contributed by atoms with Gasteiger partial charge in [0.15, 0.2) is 11.5 Å². The van der Waals surface area contributed by atoms with E-state index in [1.54, 1.807) is 0 Å². The lowest BCUT2D eigenvalue weighted by molar-refractivity contribution is -0.142. The average Bonchev–Trinajstić information content (AvgIpc) is 2.81. The van der Waals surface area contributed by atoms with Crippen molar-refractivity contribution in [3.05, 3.63) is 22.2 Å². The SMILES string of the molecule is C[C@@H]1CN(Cc2cc3c(cc2Br)OCCO3)C[C@H]1C(=O)O. The molecule has 1 N–H and O–H groups in total. The third kappa shape index (κ3) is 3.01. The summed E-state index contributed by atoms with van der Waals surface area (Å²) < 4.78 is 12.1. The standard InChI is InChI=1S/C15H18BrNO4/c1-9-6-17(8-11(9)15(18)19)7-10-4-13-14(5-12(10)16)21-3-2-20-13/h4-5,9,11H,2-3,6-8H2,1H3,(H,18,19)/t9-,11-/m1/s1. The molecule has 6 heteroatoms. The second kappa shape index (κ2) is 5.85. The van der Waals surface area contributed by atoms with E-state index < -0.39 is 5.97 Å². The third-order valence-electron chi connectivity index (χ3n) is 4.11. The number of likely N-dealkylation sites (tertiary alicyclic amines) is 1. The van der Waals surface area contributed by atoms with E-state index >= 15 is 0 Å². The molecule has 2 heterocycles. The fraction of sp³-hybridized carbons (Fsp3) is 0.533.